The summed E-state index contributed by atoms with van der Waals surface area (Å²) in [7, 11) is 0. The molecule has 114 valence electrons. The van der Waals surface area contributed by atoms with Crippen LogP contribution in [0.1, 0.15) is 31.5 Å². The number of carbonyl (C=O) groups excluding carboxylic acids is 1. The number of nitrogens with one attached hydrogen (secondary N) is 2. The third-order valence-corrected chi connectivity index (χ3v) is 3.13. The predicted molar refractivity (Wildman–Crippen MR) is 80.3 cm³/mol. The van der Waals surface area contributed by atoms with Crippen molar-refractivity contribution in [3.05, 3.63) is 12.2 Å². The minimum absolute atomic E-state index is 0.107. The van der Waals surface area contributed by atoms with Crippen LogP contribution < -0.4 is 16.8 Å². The van der Waals surface area contributed by atoms with Crippen molar-refractivity contribution in [3.8, 4) is 0 Å². The van der Waals surface area contributed by atoms with E-state index in [4.69, 9.17) is 11.5 Å². The second kappa shape index (κ2) is 7.53. The standard InChI is InChI=1S/C13H21N7O/c14-5-3-1-2-4-6-16-10(21)7-9-19-12(15)11-13(20-9)18-8-17-11/h8H,1-7,14H2,(H,16,21)(H3,15,17,18,19,20). The first-order chi connectivity index (χ1) is 10.2. The number of nitrogens with two attached hydrogens (primary N) is 2. The number of amides is 1. The van der Waals surface area contributed by atoms with Gasteiger partial charge in [-0.25, -0.2) is 15.0 Å². The largest absolute Gasteiger partial charge is 0.382 e. The minimum Gasteiger partial charge on any atom is -0.382 e. The van der Waals surface area contributed by atoms with Gasteiger partial charge in [-0.1, -0.05) is 12.8 Å². The molecule has 0 aromatic carbocycles. The fourth-order valence-corrected chi connectivity index (χ4v) is 2.04. The normalized spacial score (nSPS) is 10.9. The SMILES string of the molecule is NCCCCCCNC(=O)Cc1nc(N)c2[nH]cnc2n1. The number of rotatable bonds is 8. The highest BCUT2D eigenvalue weighted by molar-refractivity contribution is 5.82. The highest BCUT2D eigenvalue weighted by atomic mass is 16.1. The number of imidazole rings is 1. The summed E-state index contributed by atoms with van der Waals surface area (Å²) in [4.78, 5) is 27.0. The van der Waals surface area contributed by atoms with Crippen molar-refractivity contribution in [3.63, 3.8) is 0 Å². The number of fused-ring (bicyclic) bond motifs is 1. The number of aromatic nitrogens is 4. The van der Waals surface area contributed by atoms with Crippen LogP contribution in [0.3, 0.4) is 0 Å². The molecule has 0 saturated carbocycles. The fraction of sp³-hybridized carbons (Fsp3) is 0.538. The molecule has 2 aromatic rings. The second-order valence-electron chi connectivity index (χ2n) is 4.86. The Labute approximate surface area is 122 Å². The van der Waals surface area contributed by atoms with E-state index in [0.29, 0.717) is 29.4 Å². The Morgan fingerprint density at radius 3 is 2.86 bits per heavy atom. The van der Waals surface area contributed by atoms with Gasteiger partial charge >= 0.3 is 0 Å². The van der Waals surface area contributed by atoms with E-state index in [9.17, 15) is 4.79 Å². The summed E-state index contributed by atoms with van der Waals surface area (Å²) in [6.07, 6.45) is 5.76. The van der Waals surface area contributed by atoms with Gasteiger partial charge in [0, 0.05) is 6.54 Å². The van der Waals surface area contributed by atoms with Crippen LogP contribution >= 0.6 is 0 Å². The molecule has 0 aliphatic carbocycles. The molecular weight excluding hydrogens is 270 g/mol. The van der Waals surface area contributed by atoms with Crippen LogP contribution in [0.4, 0.5) is 5.82 Å². The molecule has 6 N–H and O–H groups in total. The van der Waals surface area contributed by atoms with Gasteiger partial charge in [-0.2, -0.15) is 0 Å². The molecule has 0 radical (unpaired) electrons. The van der Waals surface area contributed by atoms with Crippen molar-refractivity contribution in [2.75, 3.05) is 18.8 Å². The first-order valence-electron chi connectivity index (χ1n) is 7.13. The molecule has 8 nitrogen and oxygen atoms in total. The molecule has 0 atom stereocenters. The highest BCUT2D eigenvalue weighted by Gasteiger charge is 2.10. The van der Waals surface area contributed by atoms with E-state index in [1.165, 1.54) is 6.33 Å². The molecule has 8 heteroatoms. The van der Waals surface area contributed by atoms with Gasteiger partial charge in [-0.3, -0.25) is 4.79 Å². The summed E-state index contributed by atoms with van der Waals surface area (Å²) in [5, 5.41) is 2.85. The fourth-order valence-electron chi connectivity index (χ4n) is 2.04. The van der Waals surface area contributed by atoms with Gasteiger partial charge < -0.3 is 21.8 Å². The Balaban J connectivity index is 1.78. The average Bonchev–Trinajstić information content (AvgIpc) is 2.91. The zero-order valence-corrected chi connectivity index (χ0v) is 11.9. The maximum Gasteiger partial charge on any atom is 0.227 e. The lowest BCUT2D eigenvalue weighted by Gasteiger charge is -2.05. The Morgan fingerprint density at radius 1 is 1.24 bits per heavy atom. The van der Waals surface area contributed by atoms with Crippen LogP contribution in [0.5, 0.6) is 0 Å². The smallest absolute Gasteiger partial charge is 0.227 e. The topological polar surface area (TPSA) is 136 Å². The van der Waals surface area contributed by atoms with Gasteiger partial charge in [0.15, 0.2) is 11.5 Å². The molecule has 0 unspecified atom stereocenters. The van der Waals surface area contributed by atoms with Crippen molar-refractivity contribution in [1.29, 1.82) is 0 Å². The minimum atomic E-state index is -0.108. The summed E-state index contributed by atoms with van der Waals surface area (Å²) in [5.74, 6) is 0.581. The Hall–Kier alpha value is -2.22. The molecule has 0 aliphatic rings. The first kappa shape index (κ1) is 15.2. The lowest BCUT2D eigenvalue weighted by molar-refractivity contribution is -0.120. The summed E-state index contributed by atoms with van der Waals surface area (Å²) in [5.41, 5.74) is 12.3. The van der Waals surface area contributed by atoms with Crippen LogP contribution in [-0.4, -0.2) is 38.9 Å². The third kappa shape index (κ3) is 4.38. The number of nitrogen functional groups attached to an aromatic ring is 1. The summed E-state index contributed by atoms with van der Waals surface area (Å²) < 4.78 is 0. The maximum atomic E-state index is 11.8. The monoisotopic (exact) mass is 291 g/mol. The van der Waals surface area contributed by atoms with Crippen molar-refractivity contribution >= 4 is 22.9 Å². The zero-order valence-electron chi connectivity index (χ0n) is 11.9. The summed E-state index contributed by atoms with van der Waals surface area (Å²) >= 11 is 0. The highest BCUT2D eigenvalue weighted by Crippen LogP contribution is 2.12. The molecule has 2 rings (SSSR count). The van der Waals surface area contributed by atoms with Gasteiger partial charge in [-0.05, 0) is 19.4 Å². The van der Waals surface area contributed by atoms with Crippen LogP contribution in [0.25, 0.3) is 11.2 Å². The number of H-pyrrole nitrogens is 1. The van der Waals surface area contributed by atoms with Crippen molar-refractivity contribution in [1.82, 2.24) is 25.3 Å². The van der Waals surface area contributed by atoms with E-state index >= 15 is 0 Å². The number of unbranched alkanes of at least 4 members (excludes halogenated alkanes) is 3. The lowest BCUT2D eigenvalue weighted by Crippen LogP contribution is -2.27. The van der Waals surface area contributed by atoms with E-state index in [0.717, 1.165) is 32.2 Å². The van der Waals surface area contributed by atoms with Crippen LogP contribution in [0.15, 0.2) is 6.33 Å². The van der Waals surface area contributed by atoms with Crippen LogP contribution in [-0.2, 0) is 11.2 Å². The van der Waals surface area contributed by atoms with Gasteiger partial charge in [0.25, 0.3) is 0 Å². The molecule has 0 spiro atoms. The molecular formula is C13H21N7O. The average molecular weight is 291 g/mol. The van der Waals surface area contributed by atoms with Gasteiger partial charge in [-0.15, -0.1) is 0 Å². The third-order valence-electron chi connectivity index (χ3n) is 3.13. The molecule has 1 amide bonds. The number of aromatic amines is 1. The van der Waals surface area contributed by atoms with E-state index < -0.39 is 0 Å². The second-order valence-corrected chi connectivity index (χ2v) is 4.86. The Morgan fingerprint density at radius 2 is 2.05 bits per heavy atom. The van der Waals surface area contributed by atoms with Gasteiger partial charge in [0.05, 0.1) is 12.7 Å². The Bertz CT molecular complexity index is 595. The van der Waals surface area contributed by atoms with E-state index in [1.807, 2.05) is 0 Å². The summed E-state index contributed by atoms with van der Waals surface area (Å²) in [6, 6.07) is 0. The molecule has 2 heterocycles. The number of nitrogens with zero attached hydrogens (tertiary/aromatic N) is 3. The molecule has 2 aromatic heterocycles. The maximum absolute atomic E-state index is 11.8. The molecule has 0 saturated heterocycles. The van der Waals surface area contributed by atoms with E-state index in [2.05, 4.69) is 25.3 Å². The number of hydrogen-bond acceptors (Lipinski definition) is 6. The van der Waals surface area contributed by atoms with Crippen LogP contribution in [0, 0.1) is 0 Å². The van der Waals surface area contributed by atoms with Crippen molar-refractivity contribution in [2.45, 2.75) is 32.1 Å². The molecule has 21 heavy (non-hydrogen) atoms. The predicted octanol–water partition coefficient (Wildman–Crippen LogP) is 0.113. The van der Waals surface area contributed by atoms with E-state index in [1.54, 1.807) is 0 Å². The molecule has 0 bridgehead atoms. The number of anilines is 1. The first-order valence-corrected chi connectivity index (χ1v) is 7.13. The number of carbonyl (C=O) groups is 1. The zero-order chi connectivity index (χ0) is 15.1. The quantitative estimate of drug-likeness (QED) is 0.510. The van der Waals surface area contributed by atoms with Gasteiger partial charge in [0.2, 0.25) is 5.91 Å². The lowest BCUT2D eigenvalue weighted by atomic mass is 10.2. The summed E-state index contributed by atoms with van der Waals surface area (Å²) in [6.45, 7) is 1.38. The molecule has 0 fully saturated rings. The van der Waals surface area contributed by atoms with Gasteiger partial charge in [0.1, 0.15) is 11.3 Å². The van der Waals surface area contributed by atoms with Crippen molar-refractivity contribution in [2.24, 2.45) is 5.73 Å². The van der Waals surface area contributed by atoms with E-state index in [-0.39, 0.29) is 12.3 Å². The number of hydrogen-bond donors (Lipinski definition) is 4. The van der Waals surface area contributed by atoms with Crippen LogP contribution in [0.2, 0.25) is 0 Å². The van der Waals surface area contributed by atoms with Crippen molar-refractivity contribution < 1.29 is 4.79 Å². The molecule has 0 aliphatic heterocycles. The Kier molecular flexibility index (Phi) is 5.44.